The molecule has 4 aromatic rings. The van der Waals surface area contributed by atoms with Crippen molar-refractivity contribution in [1.29, 1.82) is 0 Å². The second kappa shape index (κ2) is 7.02. The second-order valence-electron chi connectivity index (χ2n) is 9.44. The van der Waals surface area contributed by atoms with Gasteiger partial charge in [0.15, 0.2) is 0 Å². The Morgan fingerprint density at radius 2 is 1.61 bits per heavy atom. The van der Waals surface area contributed by atoms with Gasteiger partial charge < -0.3 is 0 Å². The molecule has 1 saturated heterocycles. The van der Waals surface area contributed by atoms with E-state index in [1.807, 2.05) is 0 Å². The number of rotatable bonds is 2. The summed E-state index contributed by atoms with van der Waals surface area (Å²) in [6.07, 6.45) is 0.424. The molecule has 33 heavy (non-hydrogen) atoms. The molecule has 0 atom stereocenters. The summed E-state index contributed by atoms with van der Waals surface area (Å²) in [6, 6.07) is 17.4. The van der Waals surface area contributed by atoms with Gasteiger partial charge in [-0.3, -0.25) is 0 Å². The molecule has 0 N–H and O–H groups in total. The Labute approximate surface area is 209 Å². The summed E-state index contributed by atoms with van der Waals surface area (Å²) in [5.41, 5.74) is 4.85. The first-order chi connectivity index (χ1) is 15.7. The first-order valence-electron chi connectivity index (χ1n) is 11.0. The van der Waals surface area contributed by atoms with Gasteiger partial charge in [0, 0.05) is 0 Å². The summed E-state index contributed by atoms with van der Waals surface area (Å²) in [5, 5.41) is 3.71. The fourth-order valence-electron chi connectivity index (χ4n) is 5.39. The van der Waals surface area contributed by atoms with Crippen molar-refractivity contribution in [3.05, 3.63) is 64.5 Å². The van der Waals surface area contributed by atoms with Gasteiger partial charge in [0.2, 0.25) is 0 Å². The molecule has 6 rings (SSSR count). The van der Waals surface area contributed by atoms with E-state index in [0.717, 1.165) is 4.88 Å². The Balaban J connectivity index is 1.54. The van der Waals surface area contributed by atoms with E-state index in [1.54, 1.807) is 57.1 Å². The molecule has 2 aromatic carbocycles. The van der Waals surface area contributed by atoms with E-state index in [-0.39, 0.29) is 17.2 Å². The van der Waals surface area contributed by atoms with Crippen LogP contribution in [0, 0.1) is 5.92 Å². The minimum atomic E-state index is -0.683. The van der Waals surface area contributed by atoms with Crippen LogP contribution in [0.25, 0.3) is 26.8 Å². The molecular formula is C26H23N3O2STe. The number of amides is 2. The Morgan fingerprint density at radius 3 is 2.33 bits per heavy atom. The first kappa shape index (κ1) is 21.1. The van der Waals surface area contributed by atoms with Crippen molar-refractivity contribution in [2.75, 3.05) is 14.1 Å². The quantitative estimate of drug-likeness (QED) is 0.273. The van der Waals surface area contributed by atoms with E-state index in [0.29, 0.717) is 10.2 Å². The van der Waals surface area contributed by atoms with E-state index in [1.165, 1.54) is 37.9 Å². The molecule has 2 aliphatic heterocycles. The van der Waals surface area contributed by atoms with E-state index >= 15 is 0 Å². The van der Waals surface area contributed by atoms with Gasteiger partial charge in [-0.15, -0.1) is 0 Å². The molecule has 2 aliphatic rings. The van der Waals surface area contributed by atoms with Gasteiger partial charge in [0.25, 0.3) is 0 Å². The number of aromatic nitrogens is 1. The molecule has 5 nitrogen and oxygen atoms in total. The van der Waals surface area contributed by atoms with Crippen molar-refractivity contribution in [2.45, 2.75) is 25.7 Å². The summed E-state index contributed by atoms with van der Waals surface area (Å²) < 4.78 is 3.07. The van der Waals surface area contributed by atoms with Gasteiger partial charge in [-0.2, -0.15) is 0 Å². The van der Waals surface area contributed by atoms with Crippen LogP contribution in [0.1, 0.15) is 29.9 Å². The van der Waals surface area contributed by atoms with Gasteiger partial charge in [-0.25, -0.2) is 0 Å². The van der Waals surface area contributed by atoms with Crippen LogP contribution >= 0.6 is 11.3 Å². The third-order valence-electron chi connectivity index (χ3n) is 7.24. The average molecular weight is 569 g/mol. The van der Waals surface area contributed by atoms with Gasteiger partial charge in [-0.1, -0.05) is 6.07 Å². The predicted molar refractivity (Wildman–Crippen MR) is 134 cm³/mol. The molecule has 7 heteroatoms. The third-order valence-corrected chi connectivity index (χ3v) is 9.95. The zero-order valence-corrected chi connectivity index (χ0v) is 22.0. The number of thiophene rings is 1. The minimum absolute atomic E-state index is 0.124. The Morgan fingerprint density at radius 1 is 0.939 bits per heavy atom. The van der Waals surface area contributed by atoms with Crippen LogP contribution in [-0.2, 0) is 21.4 Å². The number of para-hydroxylation sites is 2. The number of benzene rings is 2. The van der Waals surface area contributed by atoms with Crippen LogP contribution in [0.15, 0.2) is 48.5 Å². The summed E-state index contributed by atoms with van der Waals surface area (Å²) in [4.78, 5) is 30.3. The number of hydrogen-bond acceptors (Lipinski definition) is 3. The van der Waals surface area contributed by atoms with E-state index < -0.39 is 5.92 Å². The number of hydrogen-bond donors (Lipinski definition) is 0. The molecule has 1 fully saturated rings. The zero-order valence-electron chi connectivity index (χ0n) is 18.9. The standard InChI is InChI=1S/C26H23N3O2STe/c1-26(2)18-10-7-9-16-15-8-5-6-11-20(15)29(21(16)18)24-19(26)13-14(32-24)12-17-22(30)27(3)25(33)28(4)23(17)31/h5-11,13,17H,12H2,1-4H3. The molecule has 2 amide bonds. The van der Waals surface area contributed by atoms with Crippen LogP contribution in [0.5, 0.6) is 0 Å². The summed E-state index contributed by atoms with van der Waals surface area (Å²) in [6.45, 7) is 4.55. The molecule has 0 saturated carbocycles. The summed E-state index contributed by atoms with van der Waals surface area (Å²) in [7, 11) is 3.50. The number of carbonyl (C=O) groups excluding carboxylic acids is 2. The topological polar surface area (TPSA) is 45.6 Å². The van der Waals surface area contributed by atoms with Crippen molar-refractivity contribution in [3.8, 4) is 5.00 Å². The molecular weight excluding hydrogens is 546 g/mol. The van der Waals surface area contributed by atoms with Gasteiger partial charge in [0.1, 0.15) is 0 Å². The van der Waals surface area contributed by atoms with Gasteiger partial charge in [0.05, 0.1) is 0 Å². The average Bonchev–Trinajstić information content (AvgIpc) is 3.38. The molecule has 166 valence electrons. The van der Waals surface area contributed by atoms with Crippen LogP contribution in [0.4, 0.5) is 0 Å². The summed E-state index contributed by atoms with van der Waals surface area (Å²) in [5.74, 6) is -0.931. The van der Waals surface area contributed by atoms with Crippen molar-refractivity contribution < 1.29 is 9.59 Å². The van der Waals surface area contributed by atoms with Gasteiger partial charge >= 0.3 is 204 Å². The third kappa shape index (κ3) is 2.73. The Hall–Kier alpha value is -2.46. The maximum atomic E-state index is 13.0. The number of fused-ring (bicyclic) bond motifs is 5. The van der Waals surface area contributed by atoms with E-state index in [9.17, 15) is 9.59 Å². The maximum absolute atomic E-state index is 13.0. The normalized spacial score (nSPS) is 18.0. The molecule has 0 aliphatic carbocycles. The number of nitrogens with zero attached hydrogens (tertiary/aromatic N) is 3. The zero-order chi connectivity index (χ0) is 23.2. The SMILES string of the molecule is CN1C(=O)C(Cc2cc3c(s2)-n2c4ccccc4c4cccc(c42)C3(C)C)C(=O)N(C)C1=[Te]. The van der Waals surface area contributed by atoms with Crippen molar-refractivity contribution >= 4 is 70.6 Å². The van der Waals surface area contributed by atoms with E-state index in [4.69, 9.17) is 0 Å². The predicted octanol–water partition coefficient (Wildman–Crippen LogP) is 3.83. The molecule has 0 bridgehead atoms. The van der Waals surface area contributed by atoms with Crippen molar-refractivity contribution in [3.63, 3.8) is 0 Å². The van der Waals surface area contributed by atoms with Crippen LogP contribution < -0.4 is 0 Å². The molecule has 0 spiro atoms. The first-order valence-corrected chi connectivity index (χ1v) is 12.9. The monoisotopic (exact) mass is 571 g/mol. The van der Waals surface area contributed by atoms with Crippen LogP contribution in [-0.4, -0.2) is 65.9 Å². The van der Waals surface area contributed by atoms with Crippen LogP contribution in [0.2, 0.25) is 0 Å². The molecule has 2 aromatic heterocycles. The van der Waals surface area contributed by atoms with Crippen LogP contribution in [0.3, 0.4) is 0 Å². The fraction of sp³-hybridized carbons (Fsp3) is 0.269. The van der Waals surface area contributed by atoms with E-state index in [2.05, 4.69) is 66.9 Å². The second-order valence-corrected chi connectivity index (χ2v) is 11.6. The fourth-order valence-corrected chi connectivity index (χ4v) is 7.28. The van der Waals surface area contributed by atoms with Crippen molar-refractivity contribution in [2.24, 2.45) is 5.92 Å². The van der Waals surface area contributed by atoms with Gasteiger partial charge in [-0.05, 0) is 0 Å². The number of carbonyl (C=O) groups is 2. The Bertz CT molecular complexity index is 1510. The molecule has 0 unspecified atom stereocenters. The molecule has 0 radical (unpaired) electrons. The Kier molecular flexibility index (Phi) is 4.49. The van der Waals surface area contributed by atoms with Crippen molar-refractivity contribution in [1.82, 2.24) is 14.4 Å². The summed E-state index contributed by atoms with van der Waals surface area (Å²) >= 11 is 3.43. The molecule has 4 heterocycles.